The fraction of sp³-hybridized carbons (Fsp3) is 0.619. The molecule has 0 unspecified atom stereocenters. The number of rotatable bonds is 7. The maximum Gasteiger partial charge on any atom is 0.243 e. The quantitative estimate of drug-likeness (QED) is 0.390. The smallest absolute Gasteiger partial charge is 0.243 e. The number of carbonyl (C=O) groups is 1. The van der Waals surface area contributed by atoms with Gasteiger partial charge in [-0.2, -0.15) is 0 Å². The van der Waals surface area contributed by atoms with Gasteiger partial charge in [0, 0.05) is 53.0 Å². The highest BCUT2D eigenvalue weighted by atomic mass is 32.2. The van der Waals surface area contributed by atoms with Crippen molar-refractivity contribution in [3.8, 4) is 0 Å². The second-order valence-electron chi connectivity index (χ2n) is 8.47. The highest BCUT2D eigenvalue weighted by Gasteiger charge is 2.41. The predicted molar refractivity (Wildman–Crippen MR) is 123 cm³/mol. The molecule has 1 amide bonds. The number of benzene rings is 1. The summed E-state index contributed by atoms with van der Waals surface area (Å²) in [6, 6.07) is 10.2. The summed E-state index contributed by atoms with van der Waals surface area (Å²) in [6.45, 7) is 5.77. The summed E-state index contributed by atoms with van der Waals surface area (Å²) in [7, 11) is 2.30. The summed E-state index contributed by atoms with van der Waals surface area (Å²) < 4.78 is 23.8. The molecule has 168 valence electrons. The van der Waals surface area contributed by atoms with Crippen LogP contribution in [0.15, 0.2) is 35.3 Å². The maximum absolute atomic E-state index is 12.3. The lowest BCUT2D eigenvalue weighted by molar-refractivity contribution is -0.127. The number of hydrogen-bond acceptors (Lipinski definition) is 5. The van der Waals surface area contributed by atoms with Crippen LogP contribution in [0, 0.1) is 0 Å². The molecule has 0 aliphatic carbocycles. The predicted octanol–water partition coefficient (Wildman–Crippen LogP) is 1.06. The van der Waals surface area contributed by atoms with Gasteiger partial charge >= 0.3 is 0 Å². The molecule has 30 heavy (non-hydrogen) atoms. The molecule has 1 fully saturated rings. The summed E-state index contributed by atoms with van der Waals surface area (Å²) in [6.07, 6.45) is 0.877. The number of nitrogens with one attached hydrogen (secondary N) is 1. The Morgan fingerprint density at radius 1 is 1.20 bits per heavy atom. The number of nitrogens with zero attached hydrogens (tertiary/aromatic N) is 4. The second-order valence-corrected chi connectivity index (χ2v) is 11.2. The average Bonchev–Trinajstić information content (AvgIpc) is 2.69. The lowest BCUT2D eigenvalue weighted by atomic mass is 10.2. The highest BCUT2D eigenvalue weighted by Crippen LogP contribution is 2.23. The average molecular weight is 438 g/mol. The van der Waals surface area contributed by atoms with Crippen LogP contribution in [0.1, 0.15) is 20.3 Å². The molecule has 1 heterocycles. The van der Waals surface area contributed by atoms with Crippen LogP contribution in [0.25, 0.3) is 0 Å². The highest BCUT2D eigenvalue weighted by molar-refractivity contribution is 7.92. The summed E-state index contributed by atoms with van der Waals surface area (Å²) in [5, 5.41) is 3.34. The van der Waals surface area contributed by atoms with E-state index in [1.54, 1.807) is 27.9 Å². The molecule has 1 aliphatic rings. The fourth-order valence-corrected chi connectivity index (χ4v) is 4.57. The Hall–Kier alpha value is -2.29. The number of hydrogen-bond donors (Lipinski definition) is 1. The van der Waals surface area contributed by atoms with Gasteiger partial charge in [-0.3, -0.25) is 4.79 Å². The first kappa shape index (κ1) is 24.0. The van der Waals surface area contributed by atoms with Gasteiger partial charge in [-0.25, -0.2) is 13.4 Å². The normalized spacial score (nSPS) is 18.0. The zero-order valence-electron chi connectivity index (χ0n) is 18.8. The van der Waals surface area contributed by atoms with Gasteiger partial charge in [0.2, 0.25) is 5.91 Å². The van der Waals surface area contributed by atoms with Gasteiger partial charge in [0.25, 0.3) is 0 Å². The van der Waals surface area contributed by atoms with E-state index in [1.807, 2.05) is 23.1 Å². The molecular formula is C21H35N5O3S. The molecule has 1 aliphatic heterocycles. The van der Waals surface area contributed by atoms with Gasteiger partial charge in [-0.05, 0) is 32.4 Å². The molecule has 2 rings (SSSR count). The van der Waals surface area contributed by atoms with Gasteiger partial charge in [-0.15, -0.1) is 0 Å². The number of anilines is 1. The van der Waals surface area contributed by atoms with E-state index in [0.29, 0.717) is 25.6 Å². The van der Waals surface area contributed by atoms with Crippen molar-refractivity contribution in [1.82, 2.24) is 15.1 Å². The third-order valence-corrected chi connectivity index (χ3v) is 7.89. The number of sulfone groups is 1. The Morgan fingerprint density at radius 3 is 2.47 bits per heavy atom. The molecule has 0 bridgehead atoms. The molecule has 8 nitrogen and oxygen atoms in total. The molecule has 1 aromatic rings. The Kier molecular flexibility index (Phi) is 8.11. The van der Waals surface area contributed by atoms with Crippen LogP contribution in [-0.2, 0) is 14.6 Å². The molecule has 0 spiro atoms. The molecule has 0 saturated carbocycles. The van der Waals surface area contributed by atoms with Gasteiger partial charge in [-0.1, -0.05) is 18.2 Å². The van der Waals surface area contributed by atoms with Crippen LogP contribution in [0.5, 0.6) is 0 Å². The van der Waals surface area contributed by atoms with Gasteiger partial charge in [0.15, 0.2) is 15.8 Å². The van der Waals surface area contributed by atoms with Crippen LogP contribution in [0.4, 0.5) is 5.69 Å². The van der Waals surface area contributed by atoms with E-state index in [-0.39, 0.29) is 18.2 Å². The van der Waals surface area contributed by atoms with Crippen LogP contribution in [0.3, 0.4) is 0 Å². The van der Waals surface area contributed by atoms with E-state index in [4.69, 9.17) is 0 Å². The first-order valence-corrected chi connectivity index (χ1v) is 11.9. The molecule has 1 saturated heterocycles. The van der Waals surface area contributed by atoms with Crippen molar-refractivity contribution in [1.29, 1.82) is 0 Å². The third kappa shape index (κ3) is 6.35. The van der Waals surface area contributed by atoms with Crippen LogP contribution in [0.2, 0.25) is 0 Å². The minimum Gasteiger partial charge on any atom is -0.375 e. The van der Waals surface area contributed by atoms with E-state index in [0.717, 1.165) is 18.7 Å². The summed E-state index contributed by atoms with van der Waals surface area (Å²) in [5.41, 5.74) is 1.16. The lowest BCUT2D eigenvalue weighted by Crippen LogP contribution is -2.57. The Bertz CT molecular complexity index is 837. The molecule has 0 aromatic heterocycles. The zero-order valence-corrected chi connectivity index (χ0v) is 19.6. The van der Waals surface area contributed by atoms with Crippen molar-refractivity contribution in [2.75, 3.05) is 64.5 Å². The monoisotopic (exact) mass is 437 g/mol. The Morgan fingerprint density at radius 2 is 1.87 bits per heavy atom. The zero-order chi connectivity index (χ0) is 22.4. The Balaban J connectivity index is 2.00. The number of likely N-dealkylation sites (N-methyl/N-ethyl adjacent to an activating group) is 1. The topological polar surface area (TPSA) is 85.3 Å². The van der Waals surface area contributed by atoms with E-state index in [1.165, 1.54) is 4.90 Å². The largest absolute Gasteiger partial charge is 0.375 e. The van der Waals surface area contributed by atoms with Crippen molar-refractivity contribution in [3.63, 3.8) is 0 Å². The van der Waals surface area contributed by atoms with Crippen molar-refractivity contribution < 1.29 is 13.2 Å². The van der Waals surface area contributed by atoms with E-state index < -0.39 is 14.6 Å². The minimum absolute atomic E-state index is 0.0307. The van der Waals surface area contributed by atoms with Crippen molar-refractivity contribution in [2.24, 2.45) is 4.99 Å². The second kappa shape index (κ2) is 10.1. The first-order valence-electron chi connectivity index (χ1n) is 10.3. The fourth-order valence-electron chi connectivity index (χ4n) is 3.20. The molecular weight excluding hydrogens is 402 g/mol. The number of carbonyl (C=O) groups excluding carboxylic acids is 1. The molecule has 1 aromatic carbocycles. The lowest BCUT2D eigenvalue weighted by Gasteiger charge is -2.39. The van der Waals surface area contributed by atoms with Crippen LogP contribution < -0.4 is 10.2 Å². The molecule has 0 radical (unpaired) electrons. The summed E-state index contributed by atoms with van der Waals surface area (Å²) >= 11 is 0. The number of guanidine groups is 1. The summed E-state index contributed by atoms with van der Waals surface area (Å²) in [4.78, 5) is 22.1. The number of para-hydroxylation sites is 1. The Labute approximate surface area is 180 Å². The van der Waals surface area contributed by atoms with Crippen molar-refractivity contribution >= 4 is 27.4 Å². The SMILES string of the molecule is CN(C)C(=O)CN=C(NCCCN(C)c1ccccc1)N1CCS(=O)(=O)C(C)(C)C1. The number of amides is 1. The van der Waals surface area contributed by atoms with Crippen molar-refractivity contribution in [2.45, 2.75) is 25.0 Å². The molecule has 0 atom stereocenters. The standard InChI is InChI=1S/C21H35N5O3S/c1-21(2)17-26(14-15-30(21,28)29)20(23-16-19(27)24(3)4)22-12-9-13-25(5)18-10-7-6-8-11-18/h6-8,10-11H,9,12-17H2,1-5H3,(H,22,23). The first-order chi connectivity index (χ1) is 14.0. The van der Waals surface area contributed by atoms with Gasteiger partial charge in [0.1, 0.15) is 6.54 Å². The number of aliphatic imine (C=N–C) groups is 1. The van der Waals surface area contributed by atoms with Gasteiger partial charge < -0.3 is 20.0 Å². The van der Waals surface area contributed by atoms with Crippen molar-refractivity contribution in [3.05, 3.63) is 30.3 Å². The van der Waals surface area contributed by atoms with E-state index >= 15 is 0 Å². The summed E-state index contributed by atoms with van der Waals surface area (Å²) in [5.74, 6) is 0.580. The van der Waals surface area contributed by atoms with Crippen LogP contribution in [-0.4, -0.2) is 94.5 Å². The van der Waals surface area contributed by atoms with E-state index in [2.05, 4.69) is 34.4 Å². The molecule has 9 heteroatoms. The molecule has 1 N–H and O–H groups in total. The third-order valence-electron chi connectivity index (χ3n) is 5.36. The van der Waals surface area contributed by atoms with Gasteiger partial charge in [0.05, 0.1) is 10.5 Å². The maximum atomic E-state index is 12.3. The van der Waals surface area contributed by atoms with Crippen LogP contribution >= 0.6 is 0 Å². The van der Waals surface area contributed by atoms with E-state index in [9.17, 15) is 13.2 Å². The minimum atomic E-state index is -3.15.